The highest BCUT2D eigenvalue weighted by Gasteiger charge is 2.30. The van der Waals surface area contributed by atoms with Gasteiger partial charge in [-0.05, 0) is 36.6 Å². The number of likely N-dealkylation sites (tertiary alicyclic amines) is 1. The fraction of sp³-hybridized carbons (Fsp3) is 0.348. The van der Waals surface area contributed by atoms with E-state index in [1.54, 1.807) is 26.3 Å². The van der Waals surface area contributed by atoms with E-state index < -0.39 is 0 Å². The molecule has 1 saturated heterocycles. The molecule has 1 fully saturated rings. The maximum Gasteiger partial charge on any atom is 0.275 e. The van der Waals surface area contributed by atoms with E-state index in [1.165, 1.54) is 4.68 Å². The van der Waals surface area contributed by atoms with E-state index in [9.17, 15) is 9.59 Å². The van der Waals surface area contributed by atoms with Crippen molar-refractivity contribution in [3.63, 3.8) is 0 Å². The Hall–Kier alpha value is -3.15. The molecule has 2 heterocycles. The summed E-state index contributed by atoms with van der Waals surface area (Å²) in [6.07, 6.45) is 4.03. The summed E-state index contributed by atoms with van der Waals surface area (Å²) < 4.78 is 6.53. The molecule has 1 aromatic heterocycles. The monoisotopic (exact) mass is 391 g/mol. The van der Waals surface area contributed by atoms with Gasteiger partial charge in [0.1, 0.15) is 5.75 Å². The lowest BCUT2D eigenvalue weighted by atomic mass is 10.00. The molecule has 29 heavy (non-hydrogen) atoms. The maximum atomic E-state index is 13.7. The quantitative estimate of drug-likeness (QED) is 0.683. The number of amides is 1. The molecule has 0 unspecified atom stereocenters. The van der Waals surface area contributed by atoms with Gasteiger partial charge in [0.05, 0.1) is 18.5 Å². The van der Waals surface area contributed by atoms with Crippen molar-refractivity contribution in [1.29, 1.82) is 0 Å². The van der Waals surface area contributed by atoms with Gasteiger partial charge in [0.15, 0.2) is 5.69 Å². The molecule has 0 N–H and O–H groups in total. The first-order valence-electron chi connectivity index (χ1n) is 10.0. The van der Waals surface area contributed by atoms with Crippen LogP contribution in [-0.4, -0.2) is 34.2 Å². The van der Waals surface area contributed by atoms with E-state index >= 15 is 0 Å². The van der Waals surface area contributed by atoms with Gasteiger partial charge in [0.2, 0.25) is 0 Å². The summed E-state index contributed by atoms with van der Waals surface area (Å²) in [6.45, 7) is 0.675. The van der Waals surface area contributed by atoms with Crippen LogP contribution < -0.4 is 10.3 Å². The Morgan fingerprint density at radius 1 is 1.03 bits per heavy atom. The summed E-state index contributed by atoms with van der Waals surface area (Å²) >= 11 is 0. The first-order chi connectivity index (χ1) is 14.1. The van der Waals surface area contributed by atoms with Crippen molar-refractivity contribution < 1.29 is 9.53 Å². The Labute approximate surface area is 169 Å². The summed E-state index contributed by atoms with van der Waals surface area (Å²) in [5.74, 6) is 0.672. The zero-order valence-electron chi connectivity index (χ0n) is 16.8. The van der Waals surface area contributed by atoms with Crippen LogP contribution in [-0.2, 0) is 7.05 Å². The second-order valence-corrected chi connectivity index (χ2v) is 7.46. The number of carbonyl (C=O) groups excluding carboxylic acids is 1. The van der Waals surface area contributed by atoms with E-state index in [-0.39, 0.29) is 17.5 Å². The topological polar surface area (TPSA) is 64.4 Å². The van der Waals surface area contributed by atoms with E-state index in [1.807, 2.05) is 41.3 Å². The van der Waals surface area contributed by atoms with Gasteiger partial charge in [-0.1, -0.05) is 43.2 Å². The van der Waals surface area contributed by atoms with Crippen LogP contribution in [0.5, 0.6) is 5.75 Å². The van der Waals surface area contributed by atoms with E-state index in [0.717, 1.165) is 37.0 Å². The van der Waals surface area contributed by atoms with Crippen molar-refractivity contribution >= 4 is 16.7 Å². The van der Waals surface area contributed by atoms with Crippen LogP contribution in [0.25, 0.3) is 10.8 Å². The molecular weight excluding hydrogens is 366 g/mol. The summed E-state index contributed by atoms with van der Waals surface area (Å²) in [5, 5.41) is 5.48. The largest absolute Gasteiger partial charge is 0.497 e. The Bertz CT molecular complexity index is 1090. The molecule has 0 spiro atoms. The highest BCUT2D eigenvalue weighted by atomic mass is 16.5. The molecule has 150 valence electrons. The number of hydrogen-bond donors (Lipinski definition) is 0. The third-order valence-corrected chi connectivity index (χ3v) is 5.67. The van der Waals surface area contributed by atoms with Crippen LogP contribution in [0.4, 0.5) is 0 Å². The number of nitrogens with zero attached hydrogens (tertiary/aromatic N) is 3. The molecule has 0 bridgehead atoms. The minimum Gasteiger partial charge on any atom is -0.497 e. The molecule has 2 aromatic carbocycles. The van der Waals surface area contributed by atoms with Crippen molar-refractivity contribution in [3.8, 4) is 5.75 Å². The Morgan fingerprint density at radius 2 is 1.76 bits per heavy atom. The van der Waals surface area contributed by atoms with Crippen LogP contribution >= 0.6 is 0 Å². The smallest absolute Gasteiger partial charge is 0.275 e. The molecule has 1 aliphatic rings. The number of hydrogen-bond acceptors (Lipinski definition) is 4. The van der Waals surface area contributed by atoms with Gasteiger partial charge < -0.3 is 9.64 Å². The first kappa shape index (κ1) is 19.2. The van der Waals surface area contributed by atoms with Crippen molar-refractivity contribution in [1.82, 2.24) is 14.7 Å². The van der Waals surface area contributed by atoms with Gasteiger partial charge in [0.25, 0.3) is 11.5 Å². The fourth-order valence-corrected chi connectivity index (χ4v) is 4.12. The summed E-state index contributed by atoms with van der Waals surface area (Å²) in [6, 6.07) is 15.1. The van der Waals surface area contributed by atoms with Gasteiger partial charge in [0, 0.05) is 19.0 Å². The zero-order chi connectivity index (χ0) is 20.4. The van der Waals surface area contributed by atoms with Gasteiger partial charge in [-0.25, -0.2) is 4.68 Å². The molecule has 6 heteroatoms. The molecular formula is C23H25N3O3. The van der Waals surface area contributed by atoms with Gasteiger partial charge in [-0.15, -0.1) is 0 Å². The number of fused-ring (bicyclic) bond motifs is 1. The maximum absolute atomic E-state index is 13.7. The lowest BCUT2D eigenvalue weighted by Gasteiger charge is -2.30. The fourth-order valence-electron chi connectivity index (χ4n) is 4.12. The average molecular weight is 391 g/mol. The number of carbonyl (C=O) groups is 1. The zero-order valence-corrected chi connectivity index (χ0v) is 16.8. The van der Waals surface area contributed by atoms with Crippen molar-refractivity contribution in [3.05, 3.63) is 70.1 Å². The van der Waals surface area contributed by atoms with E-state index in [4.69, 9.17) is 4.74 Å². The molecule has 3 aromatic rings. The van der Waals surface area contributed by atoms with Crippen molar-refractivity contribution in [2.75, 3.05) is 13.7 Å². The number of ether oxygens (including phenoxy) is 1. The normalized spacial score (nSPS) is 17.2. The minimum absolute atomic E-state index is 0.0197. The highest BCUT2D eigenvalue weighted by molar-refractivity contribution is 6.04. The molecule has 1 aliphatic heterocycles. The van der Waals surface area contributed by atoms with Crippen molar-refractivity contribution in [2.45, 2.75) is 31.7 Å². The van der Waals surface area contributed by atoms with E-state index in [2.05, 4.69) is 5.10 Å². The molecule has 1 atom stereocenters. The lowest BCUT2D eigenvalue weighted by Crippen LogP contribution is -2.37. The third kappa shape index (κ3) is 3.62. The van der Waals surface area contributed by atoms with Gasteiger partial charge >= 0.3 is 0 Å². The lowest BCUT2D eigenvalue weighted by molar-refractivity contribution is 0.0674. The second kappa shape index (κ2) is 8.07. The van der Waals surface area contributed by atoms with Crippen LogP contribution in [0.3, 0.4) is 0 Å². The van der Waals surface area contributed by atoms with Crippen LogP contribution in [0.1, 0.15) is 47.8 Å². The molecule has 0 aliphatic carbocycles. The number of aryl methyl sites for hydroxylation is 1. The highest BCUT2D eigenvalue weighted by Crippen LogP contribution is 2.32. The van der Waals surface area contributed by atoms with E-state index in [0.29, 0.717) is 23.0 Å². The SMILES string of the molecule is COc1ccc([C@@H]2CCCCCN2C(=O)c2nn(C)c(=O)c3ccccc23)cc1. The second-order valence-electron chi connectivity index (χ2n) is 7.46. The summed E-state index contributed by atoms with van der Waals surface area (Å²) in [5.41, 5.74) is 1.23. The van der Waals surface area contributed by atoms with Gasteiger partial charge in [-0.2, -0.15) is 5.10 Å². The number of aromatic nitrogens is 2. The standard InChI is InChI=1S/C23H25N3O3/c1-25-22(27)19-9-6-5-8-18(19)21(24-25)23(28)26-15-7-3-4-10-20(26)16-11-13-17(29-2)14-12-16/h5-6,8-9,11-14,20H,3-4,7,10,15H2,1-2H3/t20-/m0/s1. The van der Waals surface area contributed by atoms with Gasteiger partial charge in [-0.3, -0.25) is 9.59 Å². The predicted molar refractivity (Wildman–Crippen MR) is 112 cm³/mol. The van der Waals surface area contributed by atoms with Crippen molar-refractivity contribution in [2.24, 2.45) is 7.05 Å². The van der Waals surface area contributed by atoms with Crippen LogP contribution in [0.2, 0.25) is 0 Å². The first-order valence-corrected chi connectivity index (χ1v) is 10.0. The Balaban J connectivity index is 1.78. The summed E-state index contributed by atoms with van der Waals surface area (Å²) in [4.78, 5) is 28.0. The van der Waals surface area contributed by atoms with Crippen LogP contribution in [0, 0.1) is 0 Å². The molecule has 0 radical (unpaired) electrons. The molecule has 4 rings (SSSR count). The number of rotatable bonds is 3. The molecule has 0 saturated carbocycles. The molecule has 1 amide bonds. The summed E-state index contributed by atoms with van der Waals surface area (Å²) in [7, 11) is 3.24. The average Bonchev–Trinajstić information content (AvgIpc) is 3.02. The Kier molecular flexibility index (Phi) is 5.34. The third-order valence-electron chi connectivity index (χ3n) is 5.67. The molecule has 6 nitrogen and oxygen atoms in total. The predicted octanol–water partition coefficient (Wildman–Crippen LogP) is 3.70. The number of methoxy groups -OCH3 is 1. The minimum atomic E-state index is -0.195. The number of benzene rings is 2. The van der Waals surface area contributed by atoms with Crippen LogP contribution in [0.15, 0.2) is 53.3 Å². The Morgan fingerprint density at radius 3 is 2.48 bits per heavy atom.